The number of nitrogens with zero attached hydrogens (tertiary/aromatic N) is 1. The fourth-order valence-corrected chi connectivity index (χ4v) is 1.91. The fraction of sp³-hybridized carbons (Fsp3) is 0.529. The molecule has 0 aromatic carbocycles. The molecule has 0 saturated heterocycles. The molecule has 0 atom stereocenters. The van der Waals surface area contributed by atoms with Crippen LogP contribution in [-0.2, 0) is 0 Å². The molecule has 0 amide bonds. The van der Waals surface area contributed by atoms with Crippen molar-refractivity contribution in [2.75, 3.05) is 0 Å². The number of allylic oxidation sites excluding steroid dienone is 4. The third-order valence-electron chi connectivity index (χ3n) is 3.14. The van der Waals surface area contributed by atoms with E-state index in [0.717, 1.165) is 0 Å². The van der Waals surface area contributed by atoms with Crippen LogP contribution in [0.25, 0.3) is 0 Å². The first-order valence-corrected chi connectivity index (χ1v) is 6.95. The van der Waals surface area contributed by atoms with E-state index in [1.807, 2.05) is 24.4 Å². The second kappa shape index (κ2) is 9.76. The number of hydrogen-bond donors (Lipinski definition) is 0. The molecule has 0 aliphatic rings. The summed E-state index contributed by atoms with van der Waals surface area (Å²) in [5.41, 5.74) is 0.133. The van der Waals surface area contributed by atoms with Gasteiger partial charge in [-0.15, -0.1) is 0 Å². The minimum Gasteiger partial charge on any atom is -0.349 e. The molecule has 1 heteroatoms. The molecular formula is C17H29N. The Morgan fingerprint density at radius 2 is 1.72 bits per heavy atom. The minimum absolute atomic E-state index is 0.133. The van der Waals surface area contributed by atoms with Gasteiger partial charge in [0.25, 0.3) is 0 Å². The van der Waals surface area contributed by atoms with E-state index in [2.05, 4.69) is 45.0 Å². The third kappa shape index (κ3) is 7.16. The quantitative estimate of drug-likeness (QED) is 0.367. The Bertz CT molecular complexity index is 284. The summed E-state index contributed by atoms with van der Waals surface area (Å²) in [5, 5.41) is 0. The Balaban J connectivity index is 4.32. The highest BCUT2D eigenvalue weighted by Gasteiger charge is 2.21. The smallest absolute Gasteiger partial charge is 0.0383 e. The van der Waals surface area contributed by atoms with Crippen molar-refractivity contribution in [1.82, 2.24) is 4.90 Å². The van der Waals surface area contributed by atoms with Crippen LogP contribution in [0.2, 0.25) is 0 Å². The number of rotatable bonds is 10. The van der Waals surface area contributed by atoms with Gasteiger partial charge in [0.15, 0.2) is 0 Å². The van der Waals surface area contributed by atoms with Gasteiger partial charge in [0.1, 0.15) is 0 Å². The van der Waals surface area contributed by atoms with Crippen LogP contribution in [0.5, 0.6) is 0 Å². The van der Waals surface area contributed by atoms with Gasteiger partial charge in [-0.05, 0) is 32.5 Å². The van der Waals surface area contributed by atoms with Gasteiger partial charge >= 0.3 is 0 Å². The first-order chi connectivity index (χ1) is 8.58. The zero-order valence-electron chi connectivity index (χ0n) is 12.4. The lowest BCUT2D eigenvalue weighted by Crippen LogP contribution is -2.36. The Hall–Kier alpha value is -1.24. The van der Waals surface area contributed by atoms with Crippen molar-refractivity contribution in [3.63, 3.8) is 0 Å². The molecule has 102 valence electrons. The first kappa shape index (κ1) is 16.8. The SMILES string of the molecule is C=C/C=C\C=C/N(C=C)C(C)(C)CCCCCC. The molecule has 0 radical (unpaired) electrons. The van der Waals surface area contributed by atoms with E-state index in [1.54, 1.807) is 6.08 Å². The van der Waals surface area contributed by atoms with E-state index < -0.39 is 0 Å². The summed E-state index contributed by atoms with van der Waals surface area (Å²) >= 11 is 0. The molecule has 18 heavy (non-hydrogen) atoms. The van der Waals surface area contributed by atoms with Gasteiger partial charge in [-0.1, -0.05) is 64.0 Å². The molecule has 0 spiro atoms. The maximum absolute atomic E-state index is 3.90. The topological polar surface area (TPSA) is 3.24 Å². The predicted octanol–water partition coefficient (Wildman–Crippen LogP) is 5.44. The van der Waals surface area contributed by atoms with Crippen LogP contribution in [-0.4, -0.2) is 10.4 Å². The summed E-state index contributed by atoms with van der Waals surface area (Å²) in [6, 6.07) is 0. The van der Waals surface area contributed by atoms with Crippen molar-refractivity contribution in [3.05, 3.63) is 49.9 Å². The van der Waals surface area contributed by atoms with Crippen LogP contribution in [0.3, 0.4) is 0 Å². The Labute approximate surface area is 114 Å². The van der Waals surface area contributed by atoms with E-state index in [0.29, 0.717) is 0 Å². The Morgan fingerprint density at radius 3 is 2.28 bits per heavy atom. The highest BCUT2D eigenvalue weighted by Crippen LogP contribution is 2.23. The number of unbranched alkanes of at least 4 members (excludes halogenated alkanes) is 3. The van der Waals surface area contributed by atoms with Crippen LogP contribution in [0.15, 0.2) is 49.9 Å². The molecular weight excluding hydrogens is 218 g/mol. The van der Waals surface area contributed by atoms with Gasteiger partial charge in [0.2, 0.25) is 0 Å². The molecule has 0 aliphatic heterocycles. The molecule has 0 N–H and O–H groups in total. The highest BCUT2D eigenvalue weighted by molar-refractivity contribution is 5.10. The summed E-state index contributed by atoms with van der Waals surface area (Å²) in [4.78, 5) is 2.19. The summed E-state index contributed by atoms with van der Waals surface area (Å²) < 4.78 is 0. The first-order valence-electron chi connectivity index (χ1n) is 6.95. The van der Waals surface area contributed by atoms with Crippen LogP contribution in [0.4, 0.5) is 0 Å². The average molecular weight is 247 g/mol. The van der Waals surface area contributed by atoms with Crippen molar-refractivity contribution in [2.24, 2.45) is 0 Å². The molecule has 0 aromatic rings. The van der Waals surface area contributed by atoms with E-state index >= 15 is 0 Å². The second-order valence-electron chi connectivity index (χ2n) is 5.18. The molecule has 0 aliphatic carbocycles. The maximum Gasteiger partial charge on any atom is 0.0383 e. The second-order valence-corrected chi connectivity index (χ2v) is 5.18. The van der Waals surface area contributed by atoms with Gasteiger partial charge in [-0.25, -0.2) is 0 Å². The van der Waals surface area contributed by atoms with Crippen molar-refractivity contribution < 1.29 is 0 Å². The summed E-state index contributed by atoms with van der Waals surface area (Å²) in [7, 11) is 0. The predicted molar refractivity (Wildman–Crippen MR) is 83.4 cm³/mol. The van der Waals surface area contributed by atoms with Gasteiger partial charge in [-0.2, -0.15) is 0 Å². The normalized spacial score (nSPS) is 12.2. The van der Waals surface area contributed by atoms with E-state index in [-0.39, 0.29) is 5.54 Å². The van der Waals surface area contributed by atoms with Crippen LogP contribution >= 0.6 is 0 Å². The van der Waals surface area contributed by atoms with Crippen LogP contribution < -0.4 is 0 Å². The molecule has 0 saturated carbocycles. The lowest BCUT2D eigenvalue weighted by Gasteiger charge is -2.35. The zero-order chi connectivity index (χ0) is 13.9. The van der Waals surface area contributed by atoms with Gasteiger partial charge in [-0.3, -0.25) is 0 Å². The molecule has 0 heterocycles. The third-order valence-corrected chi connectivity index (χ3v) is 3.14. The average Bonchev–Trinajstić information content (AvgIpc) is 2.34. The Morgan fingerprint density at radius 1 is 1.00 bits per heavy atom. The Kier molecular flexibility index (Phi) is 9.08. The van der Waals surface area contributed by atoms with E-state index in [1.165, 1.54) is 32.1 Å². The summed E-state index contributed by atoms with van der Waals surface area (Å²) in [6.45, 7) is 14.3. The molecule has 0 rings (SSSR count). The monoisotopic (exact) mass is 247 g/mol. The molecule has 0 aromatic heterocycles. The molecule has 1 nitrogen and oxygen atoms in total. The van der Waals surface area contributed by atoms with Crippen LogP contribution in [0, 0.1) is 0 Å². The fourth-order valence-electron chi connectivity index (χ4n) is 1.91. The molecule has 0 bridgehead atoms. The highest BCUT2D eigenvalue weighted by atomic mass is 15.2. The summed E-state index contributed by atoms with van der Waals surface area (Å²) in [5.74, 6) is 0. The lowest BCUT2D eigenvalue weighted by molar-refractivity contribution is 0.229. The standard InChI is InChI=1S/C17H29N/c1-6-9-11-13-15-17(4,5)18(8-3)16-14-12-10-7-2/h7-8,10,12,14,16H,2-3,6,9,11,13,15H2,1,4-5H3/b12-10-,16-14-. The number of hydrogen-bond acceptors (Lipinski definition) is 1. The molecule has 0 unspecified atom stereocenters. The van der Waals surface area contributed by atoms with Crippen molar-refractivity contribution in [3.8, 4) is 0 Å². The minimum atomic E-state index is 0.133. The van der Waals surface area contributed by atoms with Gasteiger partial charge < -0.3 is 4.90 Å². The van der Waals surface area contributed by atoms with Crippen molar-refractivity contribution >= 4 is 0 Å². The van der Waals surface area contributed by atoms with Crippen LogP contribution in [0.1, 0.15) is 52.9 Å². The zero-order valence-corrected chi connectivity index (χ0v) is 12.4. The van der Waals surface area contributed by atoms with Gasteiger partial charge in [0.05, 0.1) is 0 Å². The van der Waals surface area contributed by atoms with Crippen molar-refractivity contribution in [2.45, 2.75) is 58.4 Å². The lowest BCUT2D eigenvalue weighted by atomic mass is 9.95. The van der Waals surface area contributed by atoms with Gasteiger partial charge in [0, 0.05) is 11.7 Å². The maximum atomic E-state index is 3.90. The largest absolute Gasteiger partial charge is 0.349 e. The molecule has 0 fully saturated rings. The summed E-state index contributed by atoms with van der Waals surface area (Å²) in [6.07, 6.45) is 18.1. The van der Waals surface area contributed by atoms with E-state index in [4.69, 9.17) is 0 Å². The van der Waals surface area contributed by atoms with E-state index in [9.17, 15) is 0 Å². The van der Waals surface area contributed by atoms with Crippen molar-refractivity contribution in [1.29, 1.82) is 0 Å².